The minimum atomic E-state index is -4.63. The van der Waals surface area contributed by atoms with Gasteiger partial charge in [-0.05, 0) is 42.3 Å². The molecule has 0 spiro atoms. The molecule has 1 heterocycles. The fourth-order valence-corrected chi connectivity index (χ4v) is 4.06. The molecular formula is C19H20F3N3O3S. The van der Waals surface area contributed by atoms with Crippen LogP contribution in [-0.4, -0.2) is 34.0 Å². The van der Waals surface area contributed by atoms with E-state index in [4.69, 9.17) is 0 Å². The summed E-state index contributed by atoms with van der Waals surface area (Å²) in [7, 11) is -4.11. The standard InChI is InChI=1S/C19H20F3N3O3S/c1-13-2-7-16(10-17(13)19(20,21)22)29(27,28)24-11-14-3-5-15(6-4-14)25-9-8-23-18(26)12-25/h2-7,10,24H,8-9,11-12H2,1H3,(H,23,26). The van der Waals surface area contributed by atoms with Gasteiger partial charge in [-0.25, -0.2) is 13.1 Å². The number of rotatable bonds is 5. The fourth-order valence-electron chi connectivity index (χ4n) is 3.02. The van der Waals surface area contributed by atoms with E-state index in [1.165, 1.54) is 6.92 Å². The summed E-state index contributed by atoms with van der Waals surface area (Å²) in [5.74, 6) is -0.0654. The van der Waals surface area contributed by atoms with Crippen LogP contribution in [0.4, 0.5) is 18.9 Å². The van der Waals surface area contributed by atoms with E-state index >= 15 is 0 Å². The summed E-state index contributed by atoms with van der Waals surface area (Å²) < 4.78 is 66.3. The number of sulfonamides is 1. The number of benzene rings is 2. The van der Waals surface area contributed by atoms with Crippen molar-refractivity contribution >= 4 is 21.6 Å². The number of amides is 1. The van der Waals surface area contributed by atoms with Crippen molar-refractivity contribution in [3.05, 3.63) is 59.2 Å². The molecule has 1 aliphatic rings. The molecule has 3 rings (SSSR count). The Labute approximate surface area is 166 Å². The van der Waals surface area contributed by atoms with Gasteiger partial charge in [0.1, 0.15) is 0 Å². The van der Waals surface area contributed by atoms with E-state index in [1.54, 1.807) is 24.3 Å². The molecule has 0 atom stereocenters. The second-order valence-corrected chi connectivity index (χ2v) is 8.50. The van der Waals surface area contributed by atoms with Gasteiger partial charge in [0, 0.05) is 25.3 Å². The molecule has 0 radical (unpaired) electrons. The van der Waals surface area contributed by atoms with Crippen molar-refractivity contribution in [3.63, 3.8) is 0 Å². The molecule has 1 fully saturated rings. The molecule has 0 unspecified atom stereocenters. The molecule has 6 nitrogen and oxygen atoms in total. The number of anilines is 1. The van der Waals surface area contributed by atoms with E-state index in [2.05, 4.69) is 10.0 Å². The summed E-state index contributed by atoms with van der Waals surface area (Å²) in [4.78, 5) is 12.9. The Morgan fingerprint density at radius 3 is 2.45 bits per heavy atom. The number of carbonyl (C=O) groups is 1. The number of nitrogens with one attached hydrogen (secondary N) is 2. The highest BCUT2D eigenvalue weighted by Gasteiger charge is 2.33. The molecule has 0 aromatic heterocycles. The predicted octanol–water partition coefficient (Wildman–Crippen LogP) is 2.43. The molecule has 1 amide bonds. The molecule has 1 aliphatic heterocycles. The van der Waals surface area contributed by atoms with Crippen LogP contribution in [0.2, 0.25) is 0 Å². The summed E-state index contributed by atoms with van der Waals surface area (Å²) in [6, 6.07) is 9.90. The van der Waals surface area contributed by atoms with Crippen LogP contribution in [0.25, 0.3) is 0 Å². The molecule has 0 aliphatic carbocycles. The lowest BCUT2D eigenvalue weighted by Crippen LogP contribution is -2.47. The van der Waals surface area contributed by atoms with Crippen LogP contribution in [-0.2, 0) is 27.5 Å². The summed E-state index contributed by atoms with van der Waals surface area (Å²) in [5, 5.41) is 2.73. The fraction of sp³-hybridized carbons (Fsp3) is 0.316. The number of hydrogen-bond acceptors (Lipinski definition) is 4. The topological polar surface area (TPSA) is 78.5 Å². The van der Waals surface area contributed by atoms with Crippen molar-refractivity contribution in [3.8, 4) is 0 Å². The Kier molecular flexibility index (Phi) is 5.85. The predicted molar refractivity (Wildman–Crippen MR) is 102 cm³/mol. The molecule has 1 saturated heterocycles. The maximum atomic E-state index is 13.0. The maximum Gasteiger partial charge on any atom is 0.416 e. The highest BCUT2D eigenvalue weighted by molar-refractivity contribution is 7.89. The van der Waals surface area contributed by atoms with Gasteiger partial charge in [-0.3, -0.25) is 4.79 Å². The molecule has 29 heavy (non-hydrogen) atoms. The minimum Gasteiger partial charge on any atom is -0.360 e. The molecule has 2 aromatic carbocycles. The SMILES string of the molecule is Cc1ccc(S(=O)(=O)NCc2ccc(N3CCNC(=O)C3)cc2)cc1C(F)(F)F. The summed E-state index contributed by atoms with van der Waals surface area (Å²) >= 11 is 0. The van der Waals surface area contributed by atoms with Crippen LogP contribution in [0.5, 0.6) is 0 Å². The van der Waals surface area contributed by atoms with Crippen molar-refractivity contribution in [2.24, 2.45) is 0 Å². The molecule has 10 heteroatoms. The zero-order chi connectivity index (χ0) is 21.2. The lowest BCUT2D eigenvalue weighted by Gasteiger charge is -2.28. The van der Waals surface area contributed by atoms with Gasteiger partial charge < -0.3 is 10.2 Å². The maximum absolute atomic E-state index is 13.0. The normalized spacial score (nSPS) is 15.3. The first-order valence-corrected chi connectivity index (χ1v) is 10.3. The van der Waals surface area contributed by atoms with E-state index in [0.29, 0.717) is 24.7 Å². The quantitative estimate of drug-likeness (QED) is 0.768. The van der Waals surface area contributed by atoms with E-state index in [-0.39, 0.29) is 24.6 Å². The first kappa shape index (κ1) is 21.1. The van der Waals surface area contributed by atoms with Crippen LogP contribution in [0.15, 0.2) is 47.4 Å². The number of halogens is 3. The highest BCUT2D eigenvalue weighted by atomic mass is 32.2. The Balaban J connectivity index is 1.70. The molecule has 156 valence electrons. The van der Waals surface area contributed by atoms with E-state index < -0.39 is 26.7 Å². The number of aryl methyl sites for hydroxylation is 1. The smallest absolute Gasteiger partial charge is 0.360 e. The molecular weight excluding hydrogens is 407 g/mol. The first-order chi connectivity index (χ1) is 13.6. The van der Waals surface area contributed by atoms with Crippen molar-refractivity contribution in [2.45, 2.75) is 24.5 Å². The largest absolute Gasteiger partial charge is 0.416 e. The van der Waals surface area contributed by atoms with Crippen LogP contribution in [0, 0.1) is 6.92 Å². The number of carbonyl (C=O) groups excluding carboxylic acids is 1. The van der Waals surface area contributed by atoms with E-state index in [0.717, 1.165) is 17.8 Å². The van der Waals surface area contributed by atoms with Gasteiger partial charge >= 0.3 is 6.18 Å². The summed E-state index contributed by atoms with van der Waals surface area (Å²) in [6.07, 6.45) is -4.63. The van der Waals surface area contributed by atoms with E-state index in [9.17, 15) is 26.4 Å². The van der Waals surface area contributed by atoms with Gasteiger partial charge in [-0.1, -0.05) is 18.2 Å². The Morgan fingerprint density at radius 2 is 1.83 bits per heavy atom. The molecule has 0 bridgehead atoms. The number of alkyl halides is 3. The zero-order valence-corrected chi connectivity index (χ0v) is 16.4. The average Bonchev–Trinajstić information content (AvgIpc) is 2.66. The van der Waals surface area contributed by atoms with Crippen LogP contribution >= 0.6 is 0 Å². The van der Waals surface area contributed by atoms with E-state index in [1.807, 2.05) is 4.90 Å². The second-order valence-electron chi connectivity index (χ2n) is 6.74. The third-order valence-electron chi connectivity index (χ3n) is 4.63. The zero-order valence-electron chi connectivity index (χ0n) is 15.6. The van der Waals surface area contributed by atoms with Gasteiger partial charge in [-0.15, -0.1) is 0 Å². The first-order valence-electron chi connectivity index (χ1n) is 8.84. The van der Waals surface area contributed by atoms with Gasteiger partial charge in [0.25, 0.3) is 0 Å². The summed E-state index contributed by atoms with van der Waals surface area (Å²) in [6.45, 7) is 2.68. The Bertz CT molecular complexity index is 1010. The third-order valence-corrected chi connectivity index (χ3v) is 6.03. The minimum absolute atomic E-state index is 0.0431. The molecule has 2 aromatic rings. The summed E-state index contributed by atoms with van der Waals surface area (Å²) in [5.41, 5.74) is 0.454. The van der Waals surface area contributed by atoms with Crippen molar-refractivity contribution < 1.29 is 26.4 Å². The number of piperazine rings is 1. The molecule has 0 saturated carbocycles. The number of nitrogens with zero attached hydrogens (tertiary/aromatic N) is 1. The Hall–Kier alpha value is -2.59. The van der Waals surface area contributed by atoms with Crippen LogP contribution in [0.1, 0.15) is 16.7 Å². The number of hydrogen-bond donors (Lipinski definition) is 2. The third kappa shape index (κ3) is 5.07. The van der Waals surface area contributed by atoms with Crippen molar-refractivity contribution in [2.75, 3.05) is 24.5 Å². The molecule has 2 N–H and O–H groups in total. The van der Waals surface area contributed by atoms with Gasteiger partial charge in [-0.2, -0.15) is 13.2 Å². The lowest BCUT2D eigenvalue weighted by molar-refractivity contribution is -0.138. The Morgan fingerprint density at radius 1 is 1.14 bits per heavy atom. The average molecular weight is 427 g/mol. The van der Waals surface area contributed by atoms with Gasteiger partial charge in [0.05, 0.1) is 17.0 Å². The van der Waals surface area contributed by atoms with Crippen LogP contribution < -0.4 is 14.9 Å². The monoisotopic (exact) mass is 427 g/mol. The second kappa shape index (κ2) is 8.03. The van der Waals surface area contributed by atoms with Crippen LogP contribution in [0.3, 0.4) is 0 Å². The van der Waals surface area contributed by atoms with Crippen molar-refractivity contribution in [1.82, 2.24) is 10.0 Å². The van der Waals surface area contributed by atoms with Crippen molar-refractivity contribution in [1.29, 1.82) is 0 Å². The van der Waals surface area contributed by atoms with Gasteiger partial charge in [0.15, 0.2) is 0 Å². The lowest BCUT2D eigenvalue weighted by atomic mass is 10.1. The highest BCUT2D eigenvalue weighted by Crippen LogP contribution is 2.33. The van der Waals surface area contributed by atoms with Gasteiger partial charge in [0.2, 0.25) is 15.9 Å².